The molecule has 1 N–H and O–H groups in total. The standard InChI is InChI=1S/C12H10BrN3O4S/c1-7-2-9(13)10(4-11(7)15(17)18)14-5-8-3-12(16(19)20)21-6-8/h2-4,6,14H,5H2,1H3. The second-order valence-electron chi connectivity index (χ2n) is 4.28. The molecule has 0 fully saturated rings. The summed E-state index contributed by atoms with van der Waals surface area (Å²) in [6.07, 6.45) is 0. The number of nitrogens with zero attached hydrogens (tertiary/aromatic N) is 2. The number of hydrogen-bond acceptors (Lipinski definition) is 6. The van der Waals surface area contributed by atoms with Gasteiger partial charge in [-0.3, -0.25) is 20.2 Å². The highest BCUT2D eigenvalue weighted by molar-refractivity contribution is 9.10. The van der Waals surface area contributed by atoms with Gasteiger partial charge in [0.15, 0.2) is 0 Å². The SMILES string of the molecule is Cc1cc(Br)c(NCc2csc([N+](=O)[O-])c2)cc1[N+](=O)[O-]. The molecule has 1 aromatic carbocycles. The maximum Gasteiger partial charge on any atom is 0.324 e. The first kappa shape index (κ1) is 15.4. The Morgan fingerprint density at radius 3 is 2.52 bits per heavy atom. The molecule has 1 heterocycles. The smallest absolute Gasteiger partial charge is 0.324 e. The van der Waals surface area contributed by atoms with Crippen LogP contribution in [0.15, 0.2) is 28.1 Å². The van der Waals surface area contributed by atoms with Gasteiger partial charge in [0.25, 0.3) is 5.69 Å². The van der Waals surface area contributed by atoms with Gasteiger partial charge in [-0.05, 0) is 34.5 Å². The minimum atomic E-state index is -0.444. The number of anilines is 1. The molecule has 110 valence electrons. The molecule has 0 aliphatic heterocycles. The molecule has 0 amide bonds. The lowest BCUT2D eigenvalue weighted by atomic mass is 10.2. The van der Waals surface area contributed by atoms with E-state index in [-0.39, 0.29) is 10.7 Å². The third kappa shape index (κ3) is 3.56. The predicted octanol–water partition coefficient (Wildman–Crippen LogP) is 4.25. The molecule has 0 saturated carbocycles. The van der Waals surface area contributed by atoms with Gasteiger partial charge in [0.1, 0.15) is 0 Å². The van der Waals surface area contributed by atoms with Crippen LogP contribution in [0, 0.1) is 27.2 Å². The summed E-state index contributed by atoms with van der Waals surface area (Å²) in [5.41, 5.74) is 1.91. The second kappa shape index (κ2) is 6.19. The fraction of sp³-hybridized carbons (Fsp3) is 0.167. The molecule has 0 radical (unpaired) electrons. The van der Waals surface area contributed by atoms with Gasteiger partial charge < -0.3 is 5.32 Å². The van der Waals surface area contributed by atoms with E-state index in [9.17, 15) is 20.2 Å². The molecule has 0 unspecified atom stereocenters. The van der Waals surface area contributed by atoms with Crippen molar-refractivity contribution >= 4 is 43.6 Å². The van der Waals surface area contributed by atoms with E-state index in [0.717, 1.165) is 16.9 Å². The summed E-state index contributed by atoms with van der Waals surface area (Å²) < 4.78 is 0.704. The van der Waals surface area contributed by atoms with Crippen molar-refractivity contribution in [2.24, 2.45) is 0 Å². The first-order valence-corrected chi connectivity index (χ1v) is 7.46. The van der Waals surface area contributed by atoms with Crippen molar-refractivity contribution in [1.29, 1.82) is 0 Å². The highest BCUT2D eigenvalue weighted by Crippen LogP contribution is 2.31. The molecular formula is C12H10BrN3O4S. The normalized spacial score (nSPS) is 10.4. The second-order valence-corrected chi connectivity index (χ2v) is 6.02. The average Bonchev–Trinajstić information content (AvgIpc) is 2.86. The molecule has 0 saturated heterocycles. The van der Waals surface area contributed by atoms with E-state index < -0.39 is 9.85 Å². The lowest BCUT2D eigenvalue weighted by Gasteiger charge is -2.08. The number of halogens is 1. The molecule has 21 heavy (non-hydrogen) atoms. The zero-order chi connectivity index (χ0) is 15.6. The van der Waals surface area contributed by atoms with Gasteiger partial charge in [-0.2, -0.15) is 0 Å². The van der Waals surface area contributed by atoms with Crippen LogP contribution in [0.5, 0.6) is 0 Å². The Kier molecular flexibility index (Phi) is 4.53. The summed E-state index contributed by atoms with van der Waals surface area (Å²) in [6, 6.07) is 4.59. The van der Waals surface area contributed by atoms with Crippen LogP contribution in [0.1, 0.15) is 11.1 Å². The first-order chi connectivity index (χ1) is 9.88. The zero-order valence-electron chi connectivity index (χ0n) is 10.8. The summed E-state index contributed by atoms with van der Waals surface area (Å²) in [5, 5.41) is 26.3. The summed E-state index contributed by atoms with van der Waals surface area (Å²) in [6.45, 7) is 2.01. The monoisotopic (exact) mass is 371 g/mol. The largest absolute Gasteiger partial charge is 0.380 e. The minimum Gasteiger partial charge on any atom is -0.380 e. The van der Waals surface area contributed by atoms with E-state index in [1.807, 2.05) is 0 Å². The highest BCUT2D eigenvalue weighted by Gasteiger charge is 2.15. The molecule has 0 bridgehead atoms. The molecule has 2 aromatic rings. The summed E-state index contributed by atoms with van der Waals surface area (Å²) in [5.74, 6) is 0. The van der Waals surface area contributed by atoms with Gasteiger partial charge in [-0.1, -0.05) is 11.3 Å². The lowest BCUT2D eigenvalue weighted by Crippen LogP contribution is -2.01. The molecule has 1 aromatic heterocycles. The van der Waals surface area contributed by atoms with Gasteiger partial charge in [0, 0.05) is 34.1 Å². The number of nitro benzene ring substituents is 1. The summed E-state index contributed by atoms with van der Waals surface area (Å²) in [4.78, 5) is 20.7. The maximum atomic E-state index is 10.9. The predicted molar refractivity (Wildman–Crippen MR) is 83.8 cm³/mol. The van der Waals surface area contributed by atoms with Crippen LogP contribution < -0.4 is 5.32 Å². The van der Waals surface area contributed by atoms with E-state index in [2.05, 4.69) is 21.2 Å². The van der Waals surface area contributed by atoms with Crippen LogP contribution in [0.25, 0.3) is 0 Å². The van der Waals surface area contributed by atoms with Crippen molar-refractivity contribution in [2.45, 2.75) is 13.5 Å². The van der Waals surface area contributed by atoms with E-state index in [1.165, 1.54) is 12.1 Å². The third-order valence-corrected chi connectivity index (χ3v) is 4.37. The summed E-state index contributed by atoms with van der Waals surface area (Å²) >= 11 is 4.39. The number of thiophene rings is 1. The summed E-state index contributed by atoms with van der Waals surface area (Å²) in [7, 11) is 0. The number of aryl methyl sites for hydroxylation is 1. The van der Waals surface area contributed by atoms with Gasteiger partial charge in [-0.15, -0.1) is 0 Å². The molecule has 0 aliphatic rings. The van der Waals surface area contributed by atoms with Crippen LogP contribution in [-0.2, 0) is 6.54 Å². The van der Waals surface area contributed by atoms with Crippen LogP contribution >= 0.6 is 27.3 Å². The van der Waals surface area contributed by atoms with E-state index >= 15 is 0 Å². The van der Waals surface area contributed by atoms with Crippen molar-refractivity contribution in [3.8, 4) is 0 Å². The number of hydrogen-bond donors (Lipinski definition) is 1. The Balaban J connectivity index is 2.17. The Labute approximate surface area is 132 Å². The topological polar surface area (TPSA) is 98.3 Å². The zero-order valence-corrected chi connectivity index (χ0v) is 13.2. The average molecular weight is 372 g/mol. The van der Waals surface area contributed by atoms with Crippen molar-refractivity contribution in [3.63, 3.8) is 0 Å². The molecule has 0 aliphatic carbocycles. The van der Waals surface area contributed by atoms with Crippen molar-refractivity contribution < 1.29 is 9.85 Å². The van der Waals surface area contributed by atoms with E-state index in [1.54, 1.807) is 18.4 Å². The number of rotatable bonds is 5. The Morgan fingerprint density at radius 2 is 1.95 bits per heavy atom. The Hall–Kier alpha value is -2.00. The van der Waals surface area contributed by atoms with Gasteiger partial charge in [0.2, 0.25) is 0 Å². The van der Waals surface area contributed by atoms with Crippen LogP contribution in [0.2, 0.25) is 0 Å². The lowest BCUT2D eigenvalue weighted by molar-refractivity contribution is -0.385. The first-order valence-electron chi connectivity index (χ1n) is 5.78. The van der Waals surface area contributed by atoms with Crippen LogP contribution in [-0.4, -0.2) is 9.85 Å². The van der Waals surface area contributed by atoms with Crippen molar-refractivity contribution in [2.75, 3.05) is 5.32 Å². The fourth-order valence-corrected chi connectivity index (χ4v) is 3.07. The Morgan fingerprint density at radius 1 is 1.24 bits per heavy atom. The minimum absolute atomic E-state index is 0.0250. The van der Waals surface area contributed by atoms with Crippen molar-refractivity contribution in [1.82, 2.24) is 0 Å². The van der Waals surface area contributed by atoms with Gasteiger partial charge >= 0.3 is 5.00 Å². The molecular weight excluding hydrogens is 362 g/mol. The number of nitro groups is 2. The molecule has 0 spiro atoms. The van der Waals surface area contributed by atoms with Gasteiger partial charge in [0.05, 0.1) is 15.5 Å². The van der Waals surface area contributed by atoms with Crippen molar-refractivity contribution in [3.05, 3.63) is 59.4 Å². The molecule has 2 rings (SSSR count). The van der Waals surface area contributed by atoms with Gasteiger partial charge in [-0.25, -0.2) is 0 Å². The maximum absolute atomic E-state index is 10.9. The molecule has 0 atom stereocenters. The number of benzene rings is 1. The van der Waals surface area contributed by atoms with Crippen LogP contribution in [0.3, 0.4) is 0 Å². The highest BCUT2D eigenvalue weighted by atomic mass is 79.9. The van der Waals surface area contributed by atoms with E-state index in [0.29, 0.717) is 22.3 Å². The Bertz CT molecular complexity index is 717. The van der Waals surface area contributed by atoms with Crippen LogP contribution in [0.4, 0.5) is 16.4 Å². The van der Waals surface area contributed by atoms with E-state index in [4.69, 9.17) is 0 Å². The quantitative estimate of drug-likeness (QED) is 0.625. The number of nitrogens with one attached hydrogen (secondary N) is 1. The molecule has 9 heteroatoms. The third-order valence-electron chi connectivity index (χ3n) is 2.79. The fourth-order valence-electron chi connectivity index (χ4n) is 1.74. The molecule has 7 nitrogen and oxygen atoms in total.